The second kappa shape index (κ2) is 10.8. The summed E-state index contributed by atoms with van der Waals surface area (Å²) in [4.78, 5) is 28.3. The molecule has 2 aromatic carbocycles. The van der Waals surface area contributed by atoms with E-state index in [0.29, 0.717) is 29.2 Å². The first-order valence-corrected chi connectivity index (χ1v) is 14.5. The van der Waals surface area contributed by atoms with Crippen LogP contribution in [0.4, 0.5) is 17.3 Å². The van der Waals surface area contributed by atoms with Gasteiger partial charge in [0.1, 0.15) is 0 Å². The van der Waals surface area contributed by atoms with Crippen LogP contribution in [-0.4, -0.2) is 43.2 Å². The summed E-state index contributed by atoms with van der Waals surface area (Å²) in [5.74, 6) is 0.428. The van der Waals surface area contributed by atoms with E-state index < -0.39 is 0 Å². The van der Waals surface area contributed by atoms with Crippen molar-refractivity contribution in [1.29, 1.82) is 0 Å². The first-order valence-electron chi connectivity index (χ1n) is 14.5. The van der Waals surface area contributed by atoms with E-state index in [2.05, 4.69) is 44.6 Å². The van der Waals surface area contributed by atoms with Crippen molar-refractivity contribution in [3.8, 4) is 16.9 Å². The molecule has 1 aliphatic carbocycles. The van der Waals surface area contributed by atoms with E-state index in [9.17, 15) is 4.79 Å². The number of para-hydroxylation sites is 1. The van der Waals surface area contributed by atoms with Gasteiger partial charge in [-0.2, -0.15) is 4.98 Å². The highest BCUT2D eigenvalue weighted by atomic mass is 16.1. The lowest BCUT2D eigenvalue weighted by Crippen LogP contribution is -2.22. The quantitative estimate of drug-likeness (QED) is 0.245. The van der Waals surface area contributed by atoms with Crippen LogP contribution in [0.5, 0.6) is 0 Å². The molecule has 0 amide bonds. The molecule has 1 saturated heterocycles. The monoisotopic (exact) mass is 546 g/mol. The largest absolute Gasteiger partial charge is 0.381 e. The molecule has 2 aliphatic rings. The van der Waals surface area contributed by atoms with Gasteiger partial charge >= 0.3 is 0 Å². The summed E-state index contributed by atoms with van der Waals surface area (Å²) >= 11 is 0. The number of pyridine rings is 1. The molecule has 1 atom stereocenters. The Kier molecular flexibility index (Phi) is 6.72. The second-order valence-electron chi connectivity index (χ2n) is 11.1. The minimum atomic E-state index is -0.148. The first-order chi connectivity index (χ1) is 20.1. The number of anilines is 3. The lowest BCUT2D eigenvalue weighted by Gasteiger charge is -2.15. The molecule has 1 aliphatic heterocycles. The zero-order valence-corrected chi connectivity index (χ0v) is 23.2. The molecule has 208 valence electrons. The molecule has 0 spiro atoms. The topological polar surface area (TPSA) is 102 Å². The number of aromatic nitrogens is 5. The van der Waals surface area contributed by atoms with E-state index in [4.69, 9.17) is 9.97 Å². The highest BCUT2D eigenvalue weighted by molar-refractivity contribution is 5.83. The van der Waals surface area contributed by atoms with Crippen LogP contribution in [0.2, 0.25) is 0 Å². The van der Waals surface area contributed by atoms with Gasteiger partial charge in [-0.1, -0.05) is 31.0 Å². The normalized spacial score (nSPS) is 17.3. The van der Waals surface area contributed by atoms with Gasteiger partial charge in [-0.3, -0.25) is 9.36 Å². The number of hydrogen-bond acceptors (Lipinski definition) is 7. The minimum absolute atomic E-state index is 0.148. The Bertz CT molecular complexity index is 1730. The van der Waals surface area contributed by atoms with E-state index in [0.717, 1.165) is 66.2 Å². The van der Waals surface area contributed by atoms with Crippen LogP contribution in [0.1, 0.15) is 43.8 Å². The van der Waals surface area contributed by atoms with Gasteiger partial charge in [0.25, 0.3) is 5.56 Å². The summed E-state index contributed by atoms with van der Waals surface area (Å²) in [5, 5.41) is 11.0. The predicted octanol–water partition coefficient (Wildman–Crippen LogP) is 5.59. The first kappa shape index (κ1) is 25.5. The maximum atomic E-state index is 14.1. The molecule has 41 heavy (non-hydrogen) atoms. The third kappa shape index (κ3) is 4.97. The molecule has 1 saturated carbocycles. The highest BCUT2D eigenvalue weighted by Gasteiger charge is 2.23. The summed E-state index contributed by atoms with van der Waals surface area (Å²) in [6, 6.07) is 20.6. The Balaban J connectivity index is 1.26. The smallest absolute Gasteiger partial charge is 0.266 e. The van der Waals surface area contributed by atoms with Gasteiger partial charge in [0.15, 0.2) is 5.65 Å². The van der Waals surface area contributed by atoms with Crippen LogP contribution in [-0.2, 0) is 0 Å². The Hall–Kier alpha value is -4.50. The van der Waals surface area contributed by atoms with E-state index in [1.54, 1.807) is 10.8 Å². The van der Waals surface area contributed by atoms with Crippen LogP contribution >= 0.6 is 0 Å². The van der Waals surface area contributed by atoms with Gasteiger partial charge in [-0.25, -0.2) is 9.97 Å². The average Bonchev–Trinajstić information content (AvgIpc) is 3.78. The third-order valence-electron chi connectivity index (χ3n) is 8.34. The summed E-state index contributed by atoms with van der Waals surface area (Å²) in [6.45, 7) is 4.10. The standard InChI is InChI=1S/C32H34N8O/c1-21-29(35-20-39(21)26-7-5-6-8-26)28-17-22-18-34-32(38-30(22)40(31(28)41)27-9-3-2-4-10-27)37-24-13-11-23(12-14-24)36-25-15-16-33-19-25/h2-4,9-14,17-18,20,25-26,33,36H,5-8,15-16,19H2,1H3,(H,34,37,38). The van der Waals surface area contributed by atoms with Crippen LogP contribution in [0.25, 0.3) is 28.0 Å². The van der Waals surface area contributed by atoms with E-state index in [1.165, 1.54) is 12.8 Å². The maximum absolute atomic E-state index is 14.1. The van der Waals surface area contributed by atoms with Crippen molar-refractivity contribution in [3.05, 3.63) is 89.2 Å². The zero-order valence-electron chi connectivity index (χ0n) is 23.2. The summed E-state index contributed by atoms with van der Waals surface area (Å²) in [6.07, 6.45) is 9.58. The molecular formula is C32H34N8O. The fourth-order valence-electron chi connectivity index (χ4n) is 6.17. The van der Waals surface area contributed by atoms with Gasteiger partial charge in [0.05, 0.1) is 23.3 Å². The maximum Gasteiger partial charge on any atom is 0.266 e. The number of nitrogens with one attached hydrogen (secondary N) is 3. The van der Waals surface area contributed by atoms with Gasteiger partial charge in [0.2, 0.25) is 5.95 Å². The Morgan fingerprint density at radius 2 is 1.73 bits per heavy atom. The summed E-state index contributed by atoms with van der Waals surface area (Å²) in [7, 11) is 0. The van der Waals surface area contributed by atoms with E-state index in [1.807, 2.05) is 54.9 Å². The molecule has 7 rings (SSSR count). The van der Waals surface area contributed by atoms with Gasteiger partial charge in [-0.15, -0.1) is 0 Å². The van der Waals surface area contributed by atoms with Gasteiger partial charge < -0.3 is 20.5 Å². The molecule has 9 nitrogen and oxygen atoms in total. The number of benzene rings is 2. The van der Waals surface area contributed by atoms with Crippen molar-refractivity contribution >= 4 is 28.4 Å². The van der Waals surface area contributed by atoms with E-state index >= 15 is 0 Å². The zero-order chi connectivity index (χ0) is 27.8. The minimum Gasteiger partial charge on any atom is -0.381 e. The number of hydrogen-bond donors (Lipinski definition) is 3. The van der Waals surface area contributed by atoms with Crippen LogP contribution < -0.4 is 21.5 Å². The Labute approximate surface area is 238 Å². The van der Waals surface area contributed by atoms with Crippen molar-refractivity contribution < 1.29 is 0 Å². The van der Waals surface area contributed by atoms with Crippen molar-refractivity contribution in [1.82, 2.24) is 29.4 Å². The number of nitrogens with zero attached hydrogens (tertiary/aromatic N) is 5. The molecule has 1 unspecified atom stereocenters. The van der Waals surface area contributed by atoms with Crippen molar-refractivity contribution in [3.63, 3.8) is 0 Å². The molecule has 3 N–H and O–H groups in total. The average molecular weight is 547 g/mol. The number of fused-ring (bicyclic) bond motifs is 1. The van der Waals surface area contributed by atoms with Gasteiger partial charge in [0, 0.05) is 47.3 Å². The van der Waals surface area contributed by atoms with Crippen LogP contribution in [0, 0.1) is 6.92 Å². The lowest BCUT2D eigenvalue weighted by atomic mass is 10.1. The molecule has 0 bridgehead atoms. The highest BCUT2D eigenvalue weighted by Crippen LogP contribution is 2.33. The second-order valence-corrected chi connectivity index (χ2v) is 11.1. The lowest BCUT2D eigenvalue weighted by molar-refractivity contribution is 0.508. The Morgan fingerprint density at radius 3 is 2.49 bits per heavy atom. The van der Waals surface area contributed by atoms with Crippen LogP contribution in [0.3, 0.4) is 0 Å². The SMILES string of the molecule is Cc1c(-c2cc3cnc(Nc4ccc(NC5CCNC5)cc4)nc3n(-c3ccccc3)c2=O)ncn1C1CCCC1. The summed E-state index contributed by atoms with van der Waals surface area (Å²) in [5.41, 5.74) is 5.40. The van der Waals surface area contributed by atoms with Crippen LogP contribution in [0.15, 0.2) is 78.0 Å². The molecular weight excluding hydrogens is 512 g/mol. The fourth-order valence-corrected chi connectivity index (χ4v) is 6.17. The summed E-state index contributed by atoms with van der Waals surface area (Å²) < 4.78 is 3.92. The predicted molar refractivity (Wildman–Crippen MR) is 163 cm³/mol. The van der Waals surface area contributed by atoms with Crippen molar-refractivity contribution in [2.24, 2.45) is 0 Å². The third-order valence-corrected chi connectivity index (χ3v) is 8.34. The number of rotatable bonds is 7. The van der Waals surface area contributed by atoms with Crippen molar-refractivity contribution in [2.75, 3.05) is 23.7 Å². The number of imidazole rings is 1. The van der Waals surface area contributed by atoms with Gasteiger partial charge in [-0.05, 0) is 75.2 Å². The van der Waals surface area contributed by atoms with E-state index in [-0.39, 0.29) is 5.56 Å². The molecule has 2 fully saturated rings. The molecule has 3 aromatic heterocycles. The van der Waals surface area contributed by atoms with Crippen molar-refractivity contribution in [2.45, 2.75) is 51.1 Å². The molecule has 5 aromatic rings. The fraction of sp³-hybridized carbons (Fsp3) is 0.312. The Morgan fingerprint density at radius 1 is 0.951 bits per heavy atom. The molecule has 9 heteroatoms. The molecule has 0 radical (unpaired) electrons. The molecule has 4 heterocycles.